The number of benzene rings is 1. The van der Waals surface area contributed by atoms with Crippen LogP contribution >= 0.6 is 11.8 Å². The molecular formula is C11H14N2S. The van der Waals surface area contributed by atoms with Crippen LogP contribution < -0.4 is 5.32 Å². The van der Waals surface area contributed by atoms with Crippen LogP contribution in [0.2, 0.25) is 0 Å². The normalized spacial score (nSPS) is 9.71. The molecule has 1 aromatic rings. The Kier molecular flexibility index (Phi) is 5.13. The van der Waals surface area contributed by atoms with Crippen molar-refractivity contribution in [3.63, 3.8) is 0 Å². The van der Waals surface area contributed by atoms with E-state index < -0.39 is 0 Å². The Labute approximate surface area is 89.3 Å². The smallest absolute Gasteiger partial charge is 0.0995 e. The molecule has 0 aliphatic rings. The van der Waals surface area contributed by atoms with Crippen molar-refractivity contribution in [3.05, 3.63) is 35.4 Å². The summed E-state index contributed by atoms with van der Waals surface area (Å²) >= 11 is 1.82. The summed E-state index contributed by atoms with van der Waals surface area (Å²) in [4.78, 5) is 0. The fourth-order valence-corrected chi connectivity index (χ4v) is 1.53. The van der Waals surface area contributed by atoms with E-state index in [4.69, 9.17) is 5.26 Å². The van der Waals surface area contributed by atoms with Crippen LogP contribution in [-0.4, -0.2) is 18.6 Å². The highest BCUT2D eigenvalue weighted by atomic mass is 32.2. The van der Waals surface area contributed by atoms with E-state index in [0.717, 1.165) is 30.0 Å². The zero-order valence-corrected chi connectivity index (χ0v) is 9.10. The van der Waals surface area contributed by atoms with Gasteiger partial charge in [0.1, 0.15) is 0 Å². The Bertz CT molecular complexity index is 317. The van der Waals surface area contributed by atoms with Crippen LogP contribution in [0, 0.1) is 11.3 Å². The Morgan fingerprint density at radius 3 is 2.93 bits per heavy atom. The standard InChI is InChI=1S/C11H14N2S/c1-14-7-6-13-9-11-5-3-2-4-10(11)8-12/h2-5,13H,6-7,9H2,1H3. The van der Waals surface area contributed by atoms with E-state index in [1.807, 2.05) is 36.0 Å². The third kappa shape index (κ3) is 3.41. The lowest BCUT2D eigenvalue weighted by Crippen LogP contribution is -2.17. The molecular weight excluding hydrogens is 192 g/mol. The number of hydrogen-bond acceptors (Lipinski definition) is 3. The fourth-order valence-electron chi connectivity index (χ4n) is 1.18. The van der Waals surface area contributed by atoms with E-state index in [-0.39, 0.29) is 0 Å². The lowest BCUT2D eigenvalue weighted by Gasteiger charge is -2.04. The van der Waals surface area contributed by atoms with Crippen molar-refractivity contribution in [1.82, 2.24) is 5.32 Å². The van der Waals surface area contributed by atoms with E-state index in [9.17, 15) is 0 Å². The van der Waals surface area contributed by atoms with Gasteiger partial charge < -0.3 is 5.32 Å². The molecule has 0 bridgehead atoms. The Morgan fingerprint density at radius 1 is 1.43 bits per heavy atom. The van der Waals surface area contributed by atoms with Crippen LogP contribution in [0.5, 0.6) is 0 Å². The van der Waals surface area contributed by atoms with Gasteiger partial charge in [-0.15, -0.1) is 0 Å². The monoisotopic (exact) mass is 206 g/mol. The third-order valence-corrected chi connectivity index (χ3v) is 2.55. The van der Waals surface area contributed by atoms with Crippen molar-refractivity contribution in [2.75, 3.05) is 18.6 Å². The second kappa shape index (κ2) is 6.47. The number of nitrogens with one attached hydrogen (secondary N) is 1. The molecule has 1 N–H and O–H groups in total. The van der Waals surface area contributed by atoms with Gasteiger partial charge in [-0.05, 0) is 17.9 Å². The van der Waals surface area contributed by atoms with Crippen molar-refractivity contribution >= 4 is 11.8 Å². The molecule has 2 nitrogen and oxygen atoms in total. The molecule has 74 valence electrons. The van der Waals surface area contributed by atoms with Gasteiger partial charge in [0.2, 0.25) is 0 Å². The Morgan fingerprint density at radius 2 is 2.21 bits per heavy atom. The van der Waals surface area contributed by atoms with Crippen molar-refractivity contribution in [3.8, 4) is 6.07 Å². The molecule has 0 fully saturated rings. The molecule has 0 aromatic heterocycles. The van der Waals surface area contributed by atoms with Gasteiger partial charge in [0.05, 0.1) is 11.6 Å². The molecule has 0 atom stereocenters. The van der Waals surface area contributed by atoms with Crippen LogP contribution in [0.1, 0.15) is 11.1 Å². The Balaban J connectivity index is 2.46. The highest BCUT2D eigenvalue weighted by molar-refractivity contribution is 7.98. The molecule has 0 spiro atoms. The second-order valence-corrected chi connectivity index (χ2v) is 3.92. The number of nitriles is 1. The summed E-state index contributed by atoms with van der Waals surface area (Å²) < 4.78 is 0. The first-order valence-corrected chi connectivity index (χ1v) is 5.95. The lowest BCUT2D eigenvalue weighted by atomic mass is 10.1. The van der Waals surface area contributed by atoms with Crippen molar-refractivity contribution in [1.29, 1.82) is 5.26 Å². The van der Waals surface area contributed by atoms with E-state index >= 15 is 0 Å². The summed E-state index contributed by atoms with van der Waals surface area (Å²) in [6, 6.07) is 9.89. The fraction of sp³-hybridized carbons (Fsp3) is 0.364. The molecule has 1 aromatic carbocycles. The number of rotatable bonds is 5. The van der Waals surface area contributed by atoms with Crippen LogP contribution in [0.15, 0.2) is 24.3 Å². The maximum Gasteiger partial charge on any atom is 0.0995 e. The summed E-state index contributed by atoms with van der Waals surface area (Å²) in [5.74, 6) is 1.11. The molecule has 0 saturated carbocycles. The van der Waals surface area contributed by atoms with E-state index in [0.29, 0.717) is 0 Å². The number of hydrogen-bond donors (Lipinski definition) is 1. The molecule has 3 heteroatoms. The van der Waals surface area contributed by atoms with Crippen molar-refractivity contribution < 1.29 is 0 Å². The van der Waals surface area contributed by atoms with E-state index in [1.165, 1.54) is 0 Å². The van der Waals surface area contributed by atoms with Gasteiger partial charge in [-0.3, -0.25) is 0 Å². The first kappa shape index (κ1) is 11.1. The van der Waals surface area contributed by atoms with Gasteiger partial charge in [-0.2, -0.15) is 17.0 Å². The molecule has 0 saturated heterocycles. The zero-order chi connectivity index (χ0) is 10.2. The third-order valence-electron chi connectivity index (χ3n) is 1.94. The first-order valence-electron chi connectivity index (χ1n) is 4.56. The van der Waals surface area contributed by atoms with E-state index in [2.05, 4.69) is 17.6 Å². The number of nitrogens with zero attached hydrogens (tertiary/aromatic N) is 1. The first-order chi connectivity index (χ1) is 6.88. The topological polar surface area (TPSA) is 35.8 Å². The van der Waals surface area contributed by atoms with Crippen LogP contribution in [0.4, 0.5) is 0 Å². The molecule has 0 heterocycles. The molecule has 0 aliphatic carbocycles. The van der Waals surface area contributed by atoms with Gasteiger partial charge in [-0.25, -0.2) is 0 Å². The van der Waals surface area contributed by atoms with Crippen LogP contribution in [-0.2, 0) is 6.54 Å². The SMILES string of the molecule is CSCCNCc1ccccc1C#N. The average Bonchev–Trinajstić information content (AvgIpc) is 2.25. The highest BCUT2D eigenvalue weighted by Gasteiger charge is 1.98. The van der Waals surface area contributed by atoms with Gasteiger partial charge >= 0.3 is 0 Å². The molecule has 1 rings (SSSR count). The largest absolute Gasteiger partial charge is 0.312 e. The van der Waals surface area contributed by atoms with Crippen LogP contribution in [0.25, 0.3) is 0 Å². The minimum absolute atomic E-state index is 0.768. The second-order valence-electron chi connectivity index (χ2n) is 2.94. The molecule has 0 amide bonds. The molecule has 0 unspecified atom stereocenters. The minimum Gasteiger partial charge on any atom is -0.312 e. The Hall–Kier alpha value is -0.980. The summed E-state index contributed by atoms with van der Waals surface area (Å²) in [5.41, 5.74) is 1.85. The minimum atomic E-state index is 0.768. The molecule has 14 heavy (non-hydrogen) atoms. The van der Waals surface area contributed by atoms with Gasteiger partial charge in [0.25, 0.3) is 0 Å². The average molecular weight is 206 g/mol. The molecule has 0 aliphatic heterocycles. The van der Waals surface area contributed by atoms with E-state index in [1.54, 1.807) is 0 Å². The van der Waals surface area contributed by atoms with Gasteiger partial charge in [-0.1, -0.05) is 18.2 Å². The van der Waals surface area contributed by atoms with Gasteiger partial charge in [0, 0.05) is 18.8 Å². The summed E-state index contributed by atoms with van der Waals surface area (Å²) in [7, 11) is 0. The predicted molar refractivity (Wildman–Crippen MR) is 61.2 cm³/mol. The summed E-state index contributed by atoms with van der Waals surface area (Å²) in [6.45, 7) is 1.77. The van der Waals surface area contributed by atoms with Gasteiger partial charge in [0.15, 0.2) is 0 Å². The maximum atomic E-state index is 8.84. The zero-order valence-electron chi connectivity index (χ0n) is 8.29. The van der Waals surface area contributed by atoms with Crippen molar-refractivity contribution in [2.24, 2.45) is 0 Å². The summed E-state index contributed by atoms with van der Waals surface area (Å²) in [5, 5.41) is 12.1. The summed E-state index contributed by atoms with van der Waals surface area (Å²) in [6.07, 6.45) is 2.09. The van der Waals surface area contributed by atoms with Crippen LogP contribution in [0.3, 0.4) is 0 Å². The highest BCUT2D eigenvalue weighted by Crippen LogP contribution is 2.06. The van der Waals surface area contributed by atoms with Crippen molar-refractivity contribution in [2.45, 2.75) is 6.54 Å². The maximum absolute atomic E-state index is 8.84. The quantitative estimate of drug-likeness (QED) is 0.749. The molecule has 0 radical (unpaired) electrons. The lowest BCUT2D eigenvalue weighted by molar-refractivity contribution is 0.731. The predicted octanol–water partition coefficient (Wildman–Crippen LogP) is 2.01. The number of thioether (sulfide) groups is 1.